The van der Waals surface area contributed by atoms with Gasteiger partial charge < -0.3 is 11.1 Å². The lowest BCUT2D eigenvalue weighted by molar-refractivity contribution is 0.102. The number of benzene rings is 1. The topological polar surface area (TPSA) is 68.0 Å². The molecule has 0 fully saturated rings. The number of nitrogens with one attached hydrogen (secondary N) is 1. The van der Waals surface area contributed by atoms with Crippen LogP contribution in [0.2, 0.25) is 5.02 Å². The SMILES string of the molecule is CCc1cc(C(=O)Nc2ccc(F)c(Cl)c2)cc(N)n1. The molecule has 1 aromatic heterocycles. The predicted octanol–water partition coefficient (Wildman–Crippen LogP) is 3.27. The Balaban J connectivity index is 2.23. The molecule has 2 rings (SSSR count). The Kier molecular flexibility index (Phi) is 4.20. The van der Waals surface area contributed by atoms with E-state index in [1.54, 1.807) is 6.07 Å². The van der Waals surface area contributed by atoms with Gasteiger partial charge in [-0.25, -0.2) is 9.37 Å². The third-order valence-electron chi connectivity index (χ3n) is 2.70. The molecule has 2 aromatic rings. The fourth-order valence-electron chi connectivity index (χ4n) is 1.70. The molecule has 0 saturated heterocycles. The van der Waals surface area contributed by atoms with E-state index in [0.29, 0.717) is 17.7 Å². The number of nitrogens with two attached hydrogens (primary N) is 1. The van der Waals surface area contributed by atoms with Gasteiger partial charge in [0.05, 0.1) is 5.02 Å². The van der Waals surface area contributed by atoms with E-state index in [9.17, 15) is 9.18 Å². The van der Waals surface area contributed by atoms with Crippen LogP contribution in [-0.2, 0) is 6.42 Å². The molecule has 0 aliphatic heterocycles. The summed E-state index contributed by atoms with van der Waals surface area (Å²) in [7, 11) is 0. The van der Waals surface area contributed by atoms with Crippen molar-refractivity contribution in [2.75, 3.05) is 11.1 Å². The van der Waals surface area contributed by atoms with Crippen LogP contribution in [0.1, 0.15) is 23.0 Å². The normalized spacial score (nSPS) is 10.3. The van der Waals surface area contributed by atoms with Crippen LogP contribution >= 0.6 is 11.6 Å². The van der Waals surface area contributed by atoms with E-state index >= 15 is 0 Å². The largest absolute Gasteiger partial charge is 0.384 e. The second kappa shape index (κ2) is 5.88. The van der Waals surface area contributed by atoms with Gasteiger partial charge in [0, 0.05) is 16.9 Å². The van der Waals surface area contributed by atoms with Gasteiger partial charge in [0.15, 0.2) is 0 Å². The van der Waals surface area contributed by atoms with Gasteiger partial charge in [0.2, 0.25) is 0 Å². The molecule has 1 amide bonds. The zero-order valence-electron chi connectivity index (χ0n) is 10.8. The predicted molar refractivity (Wildman–Crippen MR) is 77.4 cm³/mol. The van der Waals surface area contributed by atoms with Crippen molar-refractivity contribution < 1.29 is 9.18 Å². The minimum atomic E-state index is -0.536. The van der Waals surface area contributed by atoms with Gasteiger partial charge in [-0.15, -0.1) is 0 Å². The van der Waals surface area contributed by atoms with Crippen molar-refractivity contribution in [3.05, 3.63) is 52.4 Å². The molecule has 0 radical (unpaired) electrons. The number of amides is 1. The lowest BCUT2D eigenvalue weighted by Gasteiger charge is -2.08. The number of halogens is 2. The molecule has 1 aromatic carbocycles. The number of carbonyl (C=O) groups is 1. The summed E-state index contributed by atoms with van der Waals surface area (Å²) in [4.78, 5) is 16.2. The Morgan fingerprint density at radius 2 is 2.15 bits per heavy atom. The zero-order valence-corrected chi connectivity index (χ0v) is 11.5. The van der Waals surface area contributed by atoms with Crippen LogP contribution in [0.3, 0.4) is 0 Å². The number of nitrogen functional groups attached to an aromatic ring is 1. The highest BCUT2D eigenvalue weighted by Gasteiger charge is 2.10. The number of aromatic nitrogens is 1. The number of hydrogen-bond donors (Lipinski definition) is 2. The molecular weight excluding hydrogens is 281 g/mol. The first-order chi connectivity index (χ1) is 9.49. The molecule has 3 N–H and O–H groups in total. The van der Waals surface area contributed by atoms with E-state index in [-0.39, 0.29) is 16.7 Å². The lowest BCUT2D eigenvalue weighted by atomic mass is 10.1. The molecule has 20 heavy (non-hydrogen) atoms. The van der Waals surface area contributed by atoms with E-state index in [1.807, 2.05) is 6.92 Å². The smallest absolute Gasteiger partial charge is 0.255 e. The maximum Gasteiger partial charge on any atom is 0.255 e. The first-order valence-electron chi connectivity index (χ1n) is 6.02. The van der Waals surface area contributed by atoms with Gasteiger partial charge in [-0.1, -0.05) is 18.5 Å². The van der Waals surface area contributed by atoms with Gasteiger partial charge >= 0.3 is 0 Å². The van der Waals surface area contributed by atoms with Crippen molar-refractivity contribution in [2.45, 2.75) is 13.3 Å². The summed E-state index contributed by atoms with van der Waals surface area (Å²) in [6, 6.07) is 7.12. The van der Waals surface area contributed by atoms with Gasteiger partial charge in [-0.05, 0) is 36.8 Å². The third kappa shape index (κ3) is 3.24. The van der Waals surface area contributed by atoms with Crippen molar-refractivity contribution >= 4 is 29.0 Å². The first-order valence-corrected chi connectivity index (χ1v) is 6.40. The van der Waals surface area contributed by atoms with Gasteiger partial charge in [0.1, 0.15) is 11.6 Å². The Bertz CT molecular complexity index is 661. The molecule has 0 spiro atoms. The second-order valence-corrected chi connectivity index (χ2v) is 4.62. The summed E-state index contributed by atoms with van der Waals surface area (Å²) in [6.45, 7) is 1.92. The highest BCUT2D eigenvalue weighted by Crippen LogP contribution is 2.20. The summed E-state index contributed by atoms with van der Waals surface area (Å²) in [5.74, 6) is -0.603. The minimum absolute atomic E-state index is 0.0497. The number of carbonyl (C=O) groups excluding carboxylic acids is 1. The van der Waals surface area contributed by atoms with Crippen LogP contribution in [0.4, 0.5) is 15.9 Å². The minimum Gasteiger partial charge on any atom is -0.384 e. The lowest BCUT2D eigenvalue weighted by Crippen LogP contribution is -2.13. The Morgan fingerprint density at radius 3 is 2.80 bits per heavy atom. The molecule has 0 atom stereocenters. The number of anilines is 2. The summed E-state index contributed by atoms with van der Waals surface area (Å²) in [5.41, 5.74) is 7.19. The van der Waals surface area contributed by atoms with Crippen LogP contribution in [0.15, 0.2) is 30.3 Å². The van der Waals surface area contributed by atoms with E-state index in [2.05, 4.69) is 10.3 Å². The first kappa shape index (κ1) is 14.3. The fourth-order valence-corrected chi connectivity index (χ4v) is 1.88. The molecule has 0 saturated carbocycles. The number of aryl methyl sites for hydroxylation is 1. The summed E-state index contributed by atoms with van der Waals surface area (Å²) in [6.07, 6.45) is 0.674. The molecule has 6 heteroatoms. The van der Waals surface area contributed by atoms with Crippen LogP contribution in [0.5, 0.6) is 0 Å². The van der Waals surface area contributed by atoms with Crippen LogP contribution < -0.4 is 11.1 Å². The Labute approximate surface area is 120 Å². The molecule has 0 aliphatic carbocycles. The molecule has 0 bridgehead atoms. The van der Waals surface area contributed by atoms with Crippen molar-refractivity contribution in [3.63, 3.8) is 0 Å². The quantitative estimate of drug-likeness (QED) is 0.912. The van der Waals surface area contributed by atoms with Crippen molar-refractivity contribution in [1.82, 2.24) is 4.98 Å². The molecular formula is C14H13ClFN3O. The molecule has 0 unspecified atom stereocenters. The highest BCUT2D eigenvalue weighted by atomic mass is 35.5. The number of nitrogens with zero attached hydrogens (tertiary/aromatic N) is 1. The fraction of sp³-hybridized carbons (Fsp3) is 0.143. The van der Waals surface area contributed by atoms with Crippen molar-refractivity contribution in [2.24, 2.45) is 0 Å². The van der Waals surface area contributed by atoms with E-state index < -0.39 is 5.82 Å². The Hall–Kier alpha value is -2.14. The number of hydrogen-bond acceptors (Lipinski definition) is 3. The molecule has 1 heterocycles. The number of rotatable bonds is 3. The summed E-state index contributed by atoms with van der Waals surface area (Å²) >= 11 is 5.66. The highest BCUT2D eigenvalue weighted by molar-refractivity contribution is 6.31. The molecule has 4 nitrogen and oxygen atoms in total. The van der Waals surface area contributed by atoms with Crippen LogP contribution in [0, 0.1) is 5.82 Å². The molecule has 0 aliphatic rings. The average Bonchev–Trinajstić information content (AvgIpc) is 2.42. The average molecular weight is 294 g/mol. The van der Waals surface area contributed by atoms with Gasteiger partial charge in [0.25, 0.3) is 5.91 Å². The van der Waals surface area contributed by atoms with E-state index in [1.165, 1.54) is 24.3 Å². The Morgan fingerprint density at radius 1 is 1.40 bits per heavy atom. The van der Waals surface area contributed by atoms with Gasteiger partial charge in [-0.3, -0.25) is 4.79 Å². The monoisotopic (exact) mass is 293 g/mol. The zero-order chi connectivity index (χ0) is 14.7. The number of pyridine rings is 1. The van der Waals surface area contributed by atoms with E-state index in [0.717, 1.165) is 5.69 Å². The maximum atomic E-state index is 13.0. The summed E-state index contributed by atoms with van der Waals surface area (Å²) in [5, 5.41) is 2.58. The van der Waals surface area contributed by atoms with E-state index in [4.69, 9.17) is 17.3 Å². The second-order valence-electron chi connectivity index (χ2n) is 4.21. The summed E-state index contributed by atoms with van der Waals surface area (Å²) < 4.78 is 13.0. The van der Waals surface area contributed by atoms with Crippen molar-refractivity contribution in [1.29, 1.82) is 0 Å². The standard InChI is InChI=1S/C14H13ClFN3O/c1-2-9-5-8(6-13(17)18-9)14(20)19-10-3-4-12(16)11(15)7-10/h3-7H,2H2,1H3,(H2,17,18)(H,19,20). The molecule has 104 valence electrons. The third-order valence-corrected chi connectivity index (χ3v) is 2.99. The van der Waals surface area contributed by atoms with Gasteiger partial charge in [-0.2, -0.15) is 0 Å². The maximum absolute atomic E-state index is 13.0. The van der Waals surface area contributed by atoms with Crippen LogP contribution in [0.25, 0.3) is 0 Å². The van der Waals surface area contributed by atoms with Crippen molar-refractivity contribution in [3.8, 4) is 0 Å². The van der Waals surface area contributed by atoms with Crippen LogP contribution in [-0.4, -0.2) is 10.9 Å².